The molecule has 0 saturated heterocycles. The van der Waals surface area contributed by atoms with E-state index in [0.717, 1.165) is 11.3 Å². The van der Waals surface area contributed by atoms with Crippen molar-refractivity contribution >= 4 is 23.2 Å². The van der Waals surface area contributed by atoms with Gasteiger partial charge in [0, 0.05) is 17.6 Å². The van der Waals surface area contributed by atoms with Gasteiger partial charge in [0.15, 0.2) is 0 Å². The minimum atomic E-state index is 0.00104. The minimum absolute atomic E-state index is 0.00104. The van der Waals surface area contributed by atoms with Gasteiger partial charge in [0.05, 0.1) is 6.54 Å². The van der Waals surface area contributed by atoms with Crippen LogP contribution in [0.15, 0.2) is 54.6 Å². The maximum absolute atomic E-state index is 11.7. The molecule has 0 aliphatic heterocycles. The van der Waals surface area contributed by atoms with E-state index in [-0.39, 0.29) is 5.91 Å². The highest BCUT2D eigenvalue weighted by Crippen LogP contribution is 2.21. The standard InChI is InChI=1S/C15H14ClNO/c1-12(18)17(11-13-6-3-2-4-7-13)15-9-5-8-14(16)10-15/h2-10H,11H2,1H3. The molecule has 2 rings (SSSR count). The summed E-state index contributed by atoms with van der Waals surface area (Å²) in [5, 5.41) is 0.631. The summed E-state index contributed by atoms with van der Waals surface area (Å²) in [6.07, 6.45) is 0. The lowest BCUT2D eigenvalue weighted by atomic mass is 10.2. The summed E-state index contributed by atoms with van der Waals surface area (Å²) >= 11 is 5.96. The predicted molar refractivity (Wildman–Crippen MR) is 74.8 cm³/mol. The Bertz CT molecular complexity index is 539. The van der Waals surface area contributed by atoms with Gasteiger partial charge >= 0.3 is 0 Å². The Morgan fingerprint density at radius 1 is 1.11 bits per heavy atom. The van der Waals surface area contributed by atoms with Crippen LogP contribution < -0.4 is 4.90 Å². The van der Waals surface area contributed by atoms with E-state index in [2.05, 4.69) is 0 Å². The zero-order chi connectivity index (χ0) is 13.0. The van der Waals surface area contributed by atoms with Crippen molar-refractivity contribution in [3.63, 3.8) is 0 Å². The second-order valence-corrected chi connectivity index (χ2v) is 4.51. The summed E-state index contributed by atoms with van der Waals surface area (Å²) < 4.78 is 0. The molecule has 0 N–H and O–H groups in total. The van der Waals surface area contributed by atoms with Crippen molar-refractivity contribution in [2.24, 2.45) is 0 Å². The topological polar surface area (TPSA) is 20.3 Å². The van der Waals surface area contributed by atoms with E-state index in [9.17, 15) is 4.79 Å². The number of halogens is 1. The molecule has 0 aliphatic carbocycles. The van der Waals surface area contributed by atoms with E-state index in [4.69, 9.17) is 11.6 Å². The quantitative estimate of drug-likeness (QED) is 0.819. The normalized spacial score (nSPS) is 10.1. The van der Waals surface area contributed by atoms with Crippen LogP contribution >= 0.6 is 11.6 Å². The SMILES string of the molecule is CC(=O)N(Cc1ccccc1)c1cccc(Cl)c1. The third-order valence-corrected chi connectivity index (χ3v) is 2.92. The Morgan fingerprint density at radius 3 is 2.44 bits per heavy atom. The number of hydrogen-bond acceptors (Lipinski definition) is 1. The number of carbonyl (C=O) groups excluding carboxylic acids is 1. The van der Waals surface area contributed by atoms with Crippen LogP contribution in [0, 0.1) is 0 Å². The summed E-state index contributed by atoms with van der Waals surface area (Å²) in [6, 6.07) is 17.2. The molecule has 1 amide bonds. The molecule has 92 valence electrons. The third kappa shape index (κ3) is 3.11. The van der Waals surface area contributed by atoms with Crippen LogP contribution in [-0.4, -0.2) is 5.91 Å². The van der Waals surface area contributed by atoms with E-state index in [1.165, 1.54) is 0 Å². The van der Waals surface area contributed by atoms with Crippen molar-refractivity contribution in [3.05, 3.63) is 65.2 Å². The van der Waals surface area contributed by atoms with Gasteiger partial charge in [0.25, 0.3) is 0 Å². The zero-order valence-electron chi connectivity index (χ0n) is 10.1. The Labute approximate surface area is 112 Å². The molecule has 0 saturated carbocycles. The van der Waals surface area contributed by atoms with E-state index >= 15 is 0 Å². The van der Waals surface area contributed by atoms with E-state index < -0.39 is 0 Å². The van der Waals surface area contributed by atoms with Gasteiger partial charge in [-0.25, -0.2) is 0 Å². The van der Waals surface area contributed by atoms with Crippen LogP contribution in [0.2, 0.25) is 5.02 Å². The highest BCUT2D eigenvalue weighted by molar-refractivity contribution is 6.30. The van der Waals surface area contributed by atoms with E-state index in [0.29, 0.717) is 11.6 Å². The Morgan fingerprint density at radius 2 is 1.83 bits per heavy atom. The number of amides is 1. The number of rotatable bonds is 3. The molecule has 0 bridgehead atoms. The van der Waals surface area contributed by atoms with Crippen molar-refractivity contribution in [1.82, 2.24) is 0 Å². The van der Waals surface area contributed by atoms with E-state index in [1.807, 2.05) is 42.5 Å². The van der Waals surface area contributed by atoms with Crippen molar-refractivity contribution < 1.29 is 4.79 Å². The largest absolute Gasteiger partial charge is 0.308 e. The average Bonchev–Trinajstić information content (AvgIpc) is 2.37. The molecule has 0 unspecified atom stereocenters. The molecule has 0 radical (unpaired) electrons. The van der Waals surface area contributed by atoms with Crippen molar-refractivity contribution in [1.29, 1.82) is 0 Å². The molecule has 2 aromatic carbocycles. The number of hydrogen-bond donors (Lipinski definition) is 0. The minimum Gasteiger partial charge on any atom is -0.308 e. The molecule has 0 fully saturated rings. The molecular formula is C15H14ClNO. The van der Waals surface area contributed by atoms with Gasteiger partial charge in [-0.05, 0) is 23.8 Å². The molecule has 2 nitrogen and oxygen atoms in total. The summed E-state index contributed by atoms with van der Waals surface area (Å²) in [6.45, 7) is 2.11. The first-order valence-corrected chi connectivity index (χ1v) is 6.12. The number of anilines is 1. The number of nitrogens with zero attached hydrogens (tertiary/aromatic N) is 1. The van der Waals surface area contributed by atoms with Gasteiger partial charge in [0.1, 0.15) is 0 Å². The molecule has 3 heteroatoms. The van der Waals surface area contributed by atoms with Gasteiger partial charge in [-0.2, -0.15) is 0 Å². The maximum Gasteiger partial charge on any atom is 0.224 e. The molecule has 0 spiro atoms. The molecule has 0 atom stereocenters. The Hall–Kier alpha value is -1.80. The van der Waals surface area contributed by atoms with Crippen molar-refractivity contribution in [2.45, 2.75) is 13.5 Å². The van der Waals surface area contributed by atoms with Crippen LogP contribution in [0.3, 0.4) is 0 Å². The summed E-state index contributed by atoms with van der Waals surface area (Å²) in [4.78, 5) is 13.5. The lowest BCUT2D eigenvalue weighted by Gasteiger charge is -2.21. The predicted octanol–water partition coefficient (Wildman–Crippen LogP) is 3.89. The van der Waals surface area contributed by atoms with Crippen LogP contribution in [-0.2, 0) is 11.3 Å². The molecule has 18 heavy (non-hydrogen) atoms. The van der Waals surface area contributed by atoms with Crippen LogP contribution in [0.25, 0.3) is 0 Å². The average molecular weight is 260 g/mol. The van der Waals surface area contributed by atoms with Crippen LogP contribution in [0.4, 0.5) is 5.69 Å². The fourth-order valence-corrected chi connectivity index (χ4v) is 1.98. The fraction of sp³-hybridized carbons (Fsp3) is 0.133. The monoisotopic (exact) mass is 259 g/mol. The molecule has 2 aromatic rings. The Balaban J connectivity index is 2.27. The van der Waals surface area contributed by atoms with Crippen LogP contribution in [0.1, 0.15) is 12.5 Å². The first-order valence-electron chi connectivity index (χ1n) is 5.74. The fourth-order valence-electron chi connectivity index (χ4n) is 1.79. The number of carbonyl (C=O) groups is 1. The molecule has 0 heterocycles. The zero-order valence-corrected chi connectivity index (χ0v) is 10.9. The lowest BCUT2D eigenvalue weighted by Crippen LogP contribution is -2.27. The Kier molecular flexibility index (Phi) is 4.00. The number of benzene rings is 2. The van der Waals surface area contributed by atoms with Crippen molar-refractivity contribution in [3.8, 4) is 0 Å². The lowest BCUT2D eigenvalue weighted by molar-refractivity contribution is -0.116. The van der Waals surface area contributed by atoms with Gasteiger partial charge in [0.2, 0.25) is 5.91 Å². The second-order valence-electron chi connectivity index (χ2n) is 4.07. The maximum atomic E-state index is 11.7. The first kappa shape index (κ1) is 12.7. The van der Waals surface area contributed by atoms with Gasteiger partial charge in [-0.1, -0.05) is 48.0 Å². The summed E-state index contributed by atoms with van der Waals surface area (Å²) in [5.41, 5.74) is 1.91. The highest BCUT2D eigenvalue weighted by Gasteiger charge is 2.12. The summed E-state index contributed by atoms with van der Waals surface area (Å²) in [7, 11) is 0. The smallest absolute Gasteiger partial charge is 0.224 e. The molecule has 0 aromatic heterocycles. The second kappa shape index (κ2) is 5.69. The highest BCUT2D eigenvalue weighted by atomic mass is 35.5. The van der Waals surface area contributed by atoms with Gasteiger partial charge in [-0.15, -0.1) is 0 Å². The van der Waals surface area contributed by atoms with Crippen molar-refractivity contribution in [2.75, 3.05) is 4.90 Å². The molecular weight excluding hydrogens is 246 g/mol. The van der Waals surface area contributed by atoms with Gasteiger partial charge < -0.3 is 4.90 Å². The van der Waals surface area contributed by atoms with Crippen LogP contribution in [0.5, 0.6) is 0 Å². The molecule has 0 aliphatic rings. The van der Waals surface area contributed by atoms with Gasteiger partial charge in [-0.3, -0.25) is 4.79 Å². The van der Waals surface area contributed by atoms with E-state index in [1.54, 1.807) is 24.0 Å². The first-order chi connectivity index (χ1) is 8.66. The summed E-state index contributed by atoms with van der Waals surface area (Å²) in [5.74, 6) is 0.00104. The third-order valence-electron chi connectivity index (χ3n) is 2.68.